The predicted molar refractivity (Wildman–Crippen MR) is 104 cm³/mol. The molecule has 0 fully saturated rings. The Balaban J connectivity index is 1.79. The highest BCUT2D eigenvalue weighted by atomic mass is 15.0. The van der Waals surface area contributed by atoms with Crippen LogP contribution >= 0.6 is 0 Å². The van der Waals surface area contributed by atoms with Gasteiger partial charge in [0.2, 0.25) is 6.71 Å². The molecule has 118 valence electrons. The summed E-state index contributed by atoms with van der Waals surface area (Å²) in [5.74, 6) is 0.444. The van der Waals surface area contributed by atoms with Gasteiger partial charge in [0.25, 0.3) is 0 Å². The van der Waals surface area contributed by atoms with Gasteiger partial charge >= 0.3 is 0 Å². The van der Waals surface area contributed by atoms with Crippen molar-refractivity contribution < 1.29 is 0 Å². The fourth-order valence-corrected chi connectivity index (χ4v) is 4.61. The molecule has 3 aliphatic rings. The van der Waals surface area contributed by atoms with Crippen LogP contribution < -0.4 is 21.6 Å². The third-order valence-corrected chi connectivity index (χ3v) is 5.62. The number of hydrogen-bond donors (Lipinski definition) is 2. The minimum absolute atomic E-state index is 0.353. The van der Waals surface area contributed by atoms with Gasteiger partial charge in [0.05, 0.1) is 0 Å². The van der Waals surface area contributed by atoms with E-state index in [2.05, 4.69) is 80.0 Å². The van der Waals surface area contributed by atoms with E-state index in [1.54, 1.807) is 0 Å². The lowest BCUT2D eigenvalue weighted by Crippen LogP contribution is -2.59. The third-order valence-electron chi connectivity index (χ3n) is 5.62. The van der Waals surface area contributed by atoms with Crippen molar-refractivity contribution >= 4 is 29.0 Å². The van der Waals surface area contributed by atoms with Crippen molar-refractivity contribution in [3.8, 4) is 0 Å². The van der Waals surface area contributed by atoms with E-state index in [0.29, 0.717) is 18.6 Å². The van der Waals surface area contributed by atoms with Crippen LogP contribution in [0.15, 0.2) is 59.8 Å². The molecule has 5 rings (SSSR count). The number of nitrogens with one attached hydrogen (secondary N) is 2. The molecule has 0 aromatic heterocycles. The number of aryl methyl sites for hydroxylation is 2. The van der Waals surface area contributed by atoms with E-state index in [9.17, 15) is 0 Å². The van der Waals surface area contributed by atoms with Crippen LogP contribution in [0.5, 0.6) is 0 Å². The first-order chi connectivity index (χ1) is 11.6. The SMILES string of the molecule is CC1=CC2Nc3cc(C)ccc3B3c4ccc(C)cc4NC(=C1)C32. The smallest absolute Gasteiger partial charge is 0.226 e. The number of allylic oxidation sites excluding steroid dienone is 2. The van der Waals surface area contributed by atoms with Crippen LogP contribution in [0.1, 0.15) is 18.1 Å². The zero-order chi connectivity index (χ0) is 16.4. The molecule has 0 saturated carbocycles. The molecular weight excluding hydrogens is 291 g/mol. The standard InChI is InChI=1S/C21H21BN2/c1-12-4-6-15-17(8-12)23-19-10-14(3)11-20-21(19)22(15)16-7-5-13(2)9-18(16)24-20/h4-11,19,21,23-24H,1-3H3. The second-order valence-corrected chi connectivity index (χ2v) is 7.49. The number of hydrogen-bond acceptors (Lipinski definition) is 2. The molecular formula is C21H21BN2. The second kappa shape index (κ2) is 4.79. The molecule has 2 N–H and O–H groups in total. The van der Waals surface area contributed by atoms with E-state index in [0.717, 1.165) is 0 Å². The predicted octanol–water partition coefficient (Wildman–Crippen LogP) is 3.35. The molecule has 2 unspecified atom stereocenters. The zero-order valence-corrected chi connectivity index (χ0v) is 14.4. The van der Waals surface area contributed by atoms with Crippen LogP contribution in [0, 0.1) is 13.8 Å². The lowest BCUT2D eigenvalue weighted by atomic mass is 9.29. The highest BCUT2D eigenvalue weighted by Crippen LogP contribution is 2.41. The summed E-state index contributed by atoms with van der Waals surface area (Å²) in [6.45, 7) is 6.94. The summed E-state index contributed by atoms with van der Waals surface area (Å²) < 4.78 is 0. The molecule has 2 aromatic carbocycles. The third kappa shape index (κ3) is 1.91. The Morgan fingerprint density at radius 3 is 2.29 bits per heavy atom. The fraction of sp³-hybridized carbons (Fsp3) is 0.238. The fourth-order valence-electron chi connectivity index (χ4n) is 4.61. The second-order valence-electron chi connectivity index (χ2n) is 7.49. The molecule has 24 heavy (non-hydrogen) atoms. The summed E-state index contributed by atoms with van der Waals surface area (Å²) in [6, 6.07) is 14.0. The summed E-state index contributed by atoms with van der Waals surface area (Å²) in [7, 11) is 0. The van der Waals surface area contributed by atoms with Gasteiger partial charge in [-0.15, -0.1) is 0 Å². The van der Waals surface area contributed by atoms with Crippen LogP contribution in [0.4, 0.5) is 11.4 Å². The number of fused-ring (bicyclic) bond motifs is 4. The molecule has 2 aromatic rings. The van der Waals surface area contributed by atoms with Crippen molar-refractivity contribution in [2.24, 2.45) is 0 Å². The zero-order valence-electron chi connectivity index (χ0n) is 14.4. The van der Waals surface area contributed by atoms with Gasteiger partial charge < -0.3 is 10.6 Å². The van der Waals surface area contributed by atoms with Crippen molar-refractivity contribution in [2.75, 3.05) is 10.6 Å². The van der Waals surface area contributed by atoms with Gasteiger partial charge in [-0.25, -0.2) is 0 Å². The molecule has 0 spiro atoms. The first kappa shape index (κ1) is 14.0. The summed E-state index contributed by atoms with van der Waals surface area (Å²) in [4.78, 5) is 0. The molecule has 0 amide bonds. The van der Waals surface area contributed by atoms with Gasteiger partial charge in [-0.2, -0.15) is 0 Å². The van der Waals surface area contributed by atoms with Crippen molar-refractivity contribution in [1.82, 2.24) is 0 Å². The van der Waals surface area contributed by atoms with E-state index in [1.807, 2.05) is 0 Å². The molecule has 3 heteroatoms. The van der Waals surface area contributed by atoms with Crippen LogP contribution in [0.25, 0.3) is 0 Å². The van der Waals surface area contributed by atoms with Crippen molar-refractivity contribution in [3.05, 3.63) is 70.9 Å². The normalized spacial score (nSPS) is 23.0. The van der Waals surface area contributed by atoms with Gasteiger partial charge in [-0.3, -0.25) is 0 Å². The van der Waals surface area contributed by atoms with Crippen LogP contribution in [0.2, 0.25) is 5.82 Å². The van der Waals surface area contributed by atoms with E-state index in [-0.39, 0.29) is 0 Å². The van der Waals surface area contributed by atoms with Gasteiger partial charge in [0.1, 0.15) is 0 Å². The van der Waals surface area contributed by atoms with Crippen molar-refractivity contribution in [1.29, 1.82) is 0 Å². The molecule has 2 aliphatic heterocycles. The maximum absolute atomic E-state index is 3.78. The molecule has 0 bridgehead atoms. The molecule has 2 heterocycles. The molecule has 0 saturated heterocycles. The van der Waals surface area contributed by atoms with Crippen molar-refractivity contribution in [2.45, 2.75) is 32.6 Å². The van der Waals surface area contributed by atoms with Gasteiger partial charge in [-0.05, 0) is 50.1 Å². The Labute approximate surface area is 143 Å². The van der Waals surface area contributed by atoms with Gasteiger partial charge in [0, 0.05) is 28.9 Å². The Morgan fingerprint density at radius 1 is 0.875 bits per heavy atom. The van der Waals surface area contributed by atoms with E-state index >= 15 is 0 Å². The van der Waals surface area contributed by atoms with Crippen LogP contribution in [-0.4, -0.2) is 12.8 Å². The summed E-state index contributed by atoms with van der Waals surface area (Å²) in [5.41, 5.74) is 10.7. The minimum Gasteiger partial charge on any atom is -0.379 e. The molecule has 0 radical (unpaired) electrons. The number of benzene rings is 2. The van der Waals surface area contributed by atoms with Crippen LogP contribution in [-0.2, 0) is 0 Å². The molecule has 2 atom stereocenters. The lowest BCUT2D eigenvalue weighted by molar-refractivity contribution is 0.807. The topological polar surface area (TPSA) is 24.1 Å². The summed E-state index contributed by atoms with van der Waals surface area (Å²) in [5, 5.41) is 7.50. The quantitative estimate of drug-likeness (QED) is 0.729. The Bertz CT molecular complexity index is 925. The Kier molecular flexibility index (Phi) is 2.79. The van der Waals surface area contributed by atoms with E-state index in [1.165, 1.54) is 44.7 Å². The monoisotopic (exact) mass is 312 g/mol. The van der Waals surface area contributed by atoms with Crippen LogP contribution in [0.3, 0.4) is 0 Å². The summed E-state index contributed by atoms with van der Waals surface area (Å²) >= 11 is 0. The molecule has 2 nitrogen and oxygen atoms in total. The lowest BCUT2D eigenvalue weighted by Gasteiger charge is -2.45. The van der Waals surface area contributed by atoms with E-state index in [4.69, 9.17) is 0 Å². The maximum atomic E-state index is 3.78. The Morgan fingerprint density at radius 2 is 1.54 bits per heavy atom. The summed E-state index contributed by atoms with van der Waals surface area (Å²) in [6.07, 6.45) is 4.70. The average Bonchev–Trinajstić information content (AvgIpc) is 2.53. The maximum Gasteiger partial charge on any atom is 0.226 e. The highest BCUT2D eigenvalue weighted by molar-refractivity contribution is 6.90. The van der Waals surface area contributed by atoms with Crippen molar-refractivity contribution in [3.63, 3.8) is 0 Å². The Hall–Kier alpha value is -2.42. The highest BCUT2D eigenvalue weighted by Gasteiger charge is 2.46. The average molecular weight is 312 g/mol. The number of rotatable bonds is 0. The minimum atomic E-state index is 0.353. The van der Waals surface area contributed by atoms with Gasteiger partial charge in [-0.1, -0.05) is 46.8 Å². The number of anilines is 2. The van der Waals surface area contributed by atoms with E-state index < -0.39 is 0 Å². The molecule has 1 aliphatic carbocycles. The van der Waals surface area contributed by atoms with Gasteiger partial charge in [0.15, 0.2) is 0 Å². The first-order valence-corrected chi connectivity index (χ1v) is 8.75. The first-order valence-electron chi connectivity index (χ1n) is 8.75. The largest absolute Gasteiger partial charge is 0.379 e.